The Kier molecular flexibility index (Phi) is 3.01. The maximum atomic E-state index is 10.2. The first-order valence-electron chi connectivity index (χ1n) is 5.22. The van der Waals surface area contributed by atoms with E-state index in [1.807, 2.05) is 26.0 Å². The fourth-order valence-electron chi connectivity index (χ4n) is 1.81. The van der Waals surface area contributed by atoms with Gasteiger partial charge in [-0.05, 0) is 24.2 Å². The van der Waals surface area contributed by atoms with E-state index in [1.54, 1.807) is 0 Å². The molecule has 0 aromatic carbocycles. The van der Waals surface area contributed by atoms with Crippen molar-refractivity contribution < 1.29 is 5.11 Å². The van der Waals surface area contributed by atoms with Crippen molar-refractivity contribution in [2.24, 2.45) is 11.3 Å². The zero-order valence-corrected chi connectivity index (χ0v) is 9.25. The molecule has 0 saturated carbocycles. The monoisotopic (exact) mass is 193 g/mol. The van der Waals surface area contributed by atoms with Crippen LogP contribution in [0.4, 0.5) is 0 Å². The topological polar surface area (TPSA) is 44.0 Å². The van der Waals surface area contributed by atoms with Crippen LogP contribution in [0, 0.1) is 22.7 Å². The largest absolute Gasteiger partial charge is 0.386 e. The van der Waals surface area contributed by atoms with Crippen molar-refractivity contribution in [3.63, 3.8) is 0 Å². The lowest BCUT2D eigenvalue weighted by Gasteiger charge is -2.38. The number of rotatable bonds is 2. The lowest BCUT2D eigenvalue weighted by atomic mass is 9.71. The number of hydrogen-bond donors (Lipinski definition) is 1. The highest BCUT2D eigenvalue weighted by Crippen LogP contribution is 2.40. The van der Waals surface area contributed by atoms with Gasteiger partial charge in [-0.15, -0.1) is 0 Å². The van der Waals surface area contributed by atoms with Crippen LogP contribution in [0.15, 0.2) is 12.2 Å². The average molecular weight is 193 g/mol. The molecule has 2 nitrogen and oxygen atoms in total. The predicted molar refractivity (Wildman–Crippen MR) is 56.5 cm³/mol. The third kappa shape index (κ3) is 2.16. The Hall–Kier alpha value is -0.810. The standard InChI is InChI=1S/C12H19NO/c1-10(2)12(14)6-4-11(3,5-7-12)8-9-13/h4,6,10,14H,5,7-8H2,1-3H3. The maximum Gasteiger partial charge on any atom is 0.0850 e. The maximum absolute atomic E-state index is 10.2. The van der Waals surface area contributed by atoms with E-state index in [-0.39, 0.29) is 11.3 Å². The van der Waals surface area contributed by atoms with Gasteiger partial charge in [-0.2, -0.15) is 5.26 Å². The Morgan fingerprint density at radius 1 is 1.43 bits per heavy atom. The molecule has 78 valence electrons. The highest BCUT2D eigenvalue weighted by molar-refractivity contribution is 5.14. The van der Waals surface area contributed by atoms with Crippen LogP contribution >= 0.6 is 0 Å². The molecular weight excluding hydrogens is 174 g/mol. The van der Waals surface area contributed by atoms with Gasteiger partial charge in [0.2, 0.25) is 0 Å². The van der Waals surface area contributed by atoms with Crippen LogP contribution in [-0.2, 0) is 0 Å². The van der Waals surface area contributed by atoms with E-state index >= 15 is 0 Å². The highest BCUT2D eigenvalue weighted by Gasteiger charge is 2.36. The summed E-state index contributed by atoms with van der Waals surface area (Å²) in [6.45, 7) is 6.13. The molecule has 0 aromatic heterocycles. The van der Waals surface area contributed by atoms with Crippen LogP contribution in [0.25, 0.3) is 0 Å². The second-order valence-electron chi connectivity index (χ2n) is 4.97. The SMILES string of the molecule is CC(C)C1(O)C=CC(C)(CC#N)CC1. The highest BCUT2D eigenvalue weighted by atomic mass is 16.3. The summed E-state index contributed by atoms with van der Waals surface area (Å²) in [5.41, 5.74) is -0.690. The van der Waals surface area contributed by atoms with Crippen molar-refractivity contribution in [2.45, 2.75) is 45.6 Å². The van der Waals surface area contributed by atoms with Crippen molar-refractivity contribution in [3.8, 4) is 6.07 Å². The zero-order valence-electron chi connectivity index (χ0n) is 9.25. The van der Waals surface area contributed by atoms with Crippen molar-refractivity contribution in [1.82, 2.24) is 0 Å². The molecular formula is C12H19NO. The van der Waals surface area contributed by atoms with Gasteiger partial charge >= 0.3 is 0 Å². The fraction of sp³-hybridized carbons (Fsp3) is 0.750. The van der Waals surface area contributed by atoms with Crippen LogP contribution in [0.2, 0.25) is 0 Å². The zero-order chi connectivity index (χ0) is 10.8. The fourth-order valence-corrected chi connectivity index (χ4v) is 1.81. The Labute approximate surface area is 86.2 Å². The minimum Gasteiger partial charge on any atom is -0.386 e. The Balaban J connectivity index is 2.78. The Bertz CT molecular complexity index is 277. The molecule has 0 spiro atoms. The molecule has 1 rings (SSSR count). The van der Waals surface area contributed by atoms with Crippen LogP contribution in [0.3, 0.4) is 0 Å². The van der Waals surface area contributed by atoms with Crippen LogP contribution < -0.4 is 0 Å². The molecule has 1 aliphatic rings. The number of nitriles is 1. The summed E-state index contributed by atoms with van der Waals surface area (Å²) >= 11 is 0. The number of aliphatic hydroxyl groups is 1. The van der Waals surface area contributed by atoms with Crippen LogP contribution in [-0.4, -0.2) is 10.7 Å². The van der Waals surface area contributed by atoms with Gasteiger partial charge in [-0.1, -0.05) is 32.9 Å². The van der Waals surface area contributed by atoms with Crippen molar-refractivity contribution in [2.75, 3.05) is 0 Å². The molecule has 0 aromatic rings. The molecule has 0 heterocycles. The molecule has 0 saturated heterocycles. The van der Waals surface area contributed by atoms with Gasteiger partial charge in [-0.3, -0.25) is 0 Å². The molecule has 1 aliphatic carbocycles. The van der Waals surface area contributed by atoms with Gasteiger partial charge in [0.1, 0.15) is 0 Å². The second-order valence-corrected chi connectivity index (χ2v) is 4.97. The summed E-state index contributed by atoms with van der Waals surface area (Å²) in [6, 6.07) is 2.20. The minimum absolute atomic E-state index is 0.0319. The van der Waals surface area contributed by atoms with Gasteiger partial charge in [0, 0.05) is 6.42 Å². The first-order valence-corrected chi connectivity index (χ1v) is 5.22. The first kappa shape index (κ1) is 11.3. The number of nitrogens with zero attached hydrogens (tertiary/aromatic N) is 1. The van der Waals surface area contributed by atoms with Crippen molar-refractivity contribution in [3.05, 3.63) is 12.2 Å². The molecule has 2 unspecified atom stereocenters. The van der Waals surface area contributed by atoms with Crippen LogP contribution in [0.5, 0.6) is 0 Å². The number of allylic oxidation sites excluding steroid dienone is 1. The third-order valence-electron chi connectivity index (χ3n) is 3.35. The van der Waals surface area contributed by atoms with E-state index in [9.17, 15) is 5.11 Å². The van der Waals surface area contributed by atoms with Gasteiger partial charge in [0.15, 0.2) is 0 Å². The van der Waals surface area contributed by atoms with Gasteiger partial charge in [-0.25, -0.2) is 0 Å². The molecule has 0 amide bonds. The molecule has 1 N–H and O–H groups in total. The van der Waals surface area contributed by atoms with E-state index < -0.39 is 5.60 Å². The number of hydrogen-bond acceptors (Lipinski definition) is 2. The molecule has 0 aliphatic heterocycles. The van der Waals surface area contributed by atoms with E-state index in [2.05, 4.69) is 13.0 Å². The Morgan fingerprint density at radius 2 is 2.07 bits per heavy atom. The van der Waals surface area contributed by atoms with Gasteiger partial charge in [0.05, 0.1) is 11.7 Å². The second kappa shape index (κ2) is 3.74. The summed E-state index contributed by atoms with van der Waals surface area (Å²) in [7, 11) is 0. The predicted octanol–water partition coefficient (Wildman–Crippen LogP) is 2.64. The van der Waals surface area contributed by atoms with E-state index in [4.69, 9.17) is 5.26 Å². The van der Waals surface area contributed by atoms with Gasteiger partial charge < -0.3 is 5.11 Å². The van der Waals surface area contributed by atoms with E-state index in [1.165, 1.54) is 0 Å². The third-order valence-corrected chi connectivity index (χ3v) is 3.35. The van der Waals surface area contributed by atoms with Crippen molar-refractivity contribution in [1.29, 1.82) is 5.26 Å². The van der Waals surface area contributed by atoms with E-state index in [0.717, 1.165) is 12.8 Å². The minimum atomic E-state index is -0.658. The van der Waals surface area contributed by atoms with Crippen LogP contribution in [0.1, 0.15) is 40.0 Å². The molecule has 14 heavy (non-hydrogen) atoms. The quantitative estimate of drug-likeness (QED) is 0.685. The molecule has 2 atom stereocenters. The Morgan fingerprint density at radius 3 is 2.43 bits per heavy atom. The van der Waals surface area contributed by atoms with Crippen molar-refractivity contribution >= 4 is 0 Å². The smallest absolute Gasteiger partial charge is 0.0850 e. The summed E-state index contributed by atoms with van der Waals surface area (Å²) in [5, 5.41) is 18.9. The summed E-state index contributed by atoms with van der Waals surface area (Å²) < 4.78 is 0. The summed E-state index contributed by atoms with van der Waals surface area (Å²) in [5.74, 6) is 0.241. The average Bonchev–Trinajstić information content (AvgIpc) is 2.11. The molecule has 0 fully saturated rings. The van der Waals surface area contributed by atoms with Gasteiger partial charge in [0.25, 0.3) is 0 Å². The molecule has 0 bridgehead atoms. The lowest BCUT2D eigenvalue weighted by Crippen LogP contribution is -2.37. The molecule has 0 radical (unpaired) electrons. The lowest BCUT2D eigenvalue weighted by molar-refractivity contribution is 0.0164. The molecule has 2 heteroatoms. The normalized spacial score (nSPS) is 37.1. The summed E-state index contributed by atoms with van der Waals surface area (Å²) in [4.78, 5) is 0. The summed E-state index contributed by atoms with van der Waals surface area (Å²) in [6.07, 6.45) is 6.10. The van der Waals surface area contributed by atoms with E-state index in [0.29, 0.717) is 6.42 Å². The first-order chi connectivity index (χ1) is 6.42.